The van der Waals surface area contributed by atoms with Crippen molar-refractivity contribution in [2.45, 2.75) is 6.54 Å². The molecular weight excluding hydrogens is 360 g/mol. The highest BCUT2D eigenvalue weighted by atomic mass is 19.1. The van der Waals surface area contributed by atoms with Crippen LogP contribution in [0.4, 0.5) is 26.2 Å². The summed E-state index contributed by atoms with van der Waals surface area (Å²) >= 11 is 0. The lowest BCUT2D eigenvalue weighted by molar-refractivity contribution is 0.249. The molecule has 1 fully saturated rings. The average molecular weight is 381 g/mol. The Morgan fingerprint density at radius 1 is 0.857 bits per heavy atom. The lowest BCUT2D eigenvalue weighted by Crippen LogP contribution is -2.46. The molecule has 28 heavy (non-hydrogen) atoms. The third-order valence-electron chi connectivity index (χ3n) is 4.79. The second-order valence-electron chi connectivity index (χ2n) is 6.71. The Morgan fingerprint density at radius 2 is 1.57 bits per heavy atom. The highest BCUT2D eigenvalue weighted by molar-refractivity contribution is 5.56. The van der Waals surface area contributed by atoms with Crippen LogP contribution in [0.2, 0.25) is 0 Å². The standard InChI is InChI=1S/C21H21F2N5/c22-17-7-4-8-18(23)20(17)26-21-24-10-9-19(25-21)28-13-11-27(12-14-28)15-16-5-2-1-3-6-16/h1-10H,11-15H2,(H,24,25,26). The van der Waals surface area contributed by atoms with E-state index in [1.165, 1.54) is 23.8 Å². The van der Waals surface area contributed by atoms with Gasteiger partial charge in [0.2, 0.25) is 5.95 Å². The van der Waals surface area contributed by atoms with Gasteiger partial charge in [0.15, 0.2) is 0 Å². The van der Waals surface area contributed by atoms with Crippen molar-refractivity contribution in [1.82, 2.24) is 14.9 Å². The molecule has 3 aromatic rings. The SMILES string of the molecule is Fc1cccc(F)c1Nc1nccc(N2CCN(Cc3ccccc3)CC2)n1. The molecule has 0 unspecified atom stereocenters. The zero-order valence-corrected chi connectivity index (χ0v) is 15.4. The number of hydrogen-bond donors (Lipinski definition) is 1. The largest absolute Gasteiger partial charge is 0.354 e. The van der Waals surface area contributed by atoms with E-state index in [4.69, 9.17) is 0 Å². The fourth-order valence-corrected chi connectivity index (χ4v) is 3.29. The van der Waals surface area contributed by atoms with Gasteiger partial charge in [-0.2, -0.15) is 4.98 Å². The minimum atomic E-state index is -0.677. The van der Waals surface area contributed by atoms with Crippen LogP contribution in [0.1, 0.15) is 5.56 Å². The summed E-state index contributed by atoms with van der Waals surface area (Å²) in [5, 5.41) is 2.65. The van der Waals surface area contributed by atoms with Crippen molar-refractivity contribution < 1.29 is 8.78 Å². The maximum Gasteiger partial charge on any atom is 0.229 e. The molecule has 1 aromatic heterocycles. The average Bonchev–Trinajstić information content (AvgIpc) is 2.72. The van der Waals surface area contributed by atoms with Crippen molar-refractivity contribution in [1.29, 1.82) is 0 Å². The summed E-state index contributed by atoms with van der Waals surface area (Å²) in [5.74, 6) is -0.436. The summed E-state index contributed by atoms with van der Waals surface area (Å²) < 4.78 is 27.7. The lowest BCUT2D eigenvalue weighted by Gasteiger charge is -2.35. The van der Waals surface area contributed by atoms with Gasteiger partial charge < -0.3 is 10.2 Å². The Kier molecular flexibility index (Phi) is 5.43. The molecule has 0 radical (unpaired) electrons. The molecule has 1 aliphatic heterocycles. The monoisotopic (exact) mass is 381 g/mol. The van der Waals surface area contributed by atoms with E-state index >= 15 is 0 Å². The van der Waals surface area contributed by atoms with Crippen LogP contribution in [0.5, 0.6) is 0 Å². The van der Waals surface area contributed by atoms with Gasteiger partial charge in [-0.25, -0.2) is 13.8 Å². The number of halogens is 2. The van der Waals surface area contributed by atoms with Crippen molar-refractivity contribution in [2.24, 2.45) is 0 Å². The Labute approximate surface area is 162 Å². The van der Waals surface area contributed by atoms with Crippen molar-refractivity contribution >= 4 is 17.5 Å². The van der Waals surface area contributed by atoms with Crippen molar-refractivity contribution in [3.05, 3.63) is 78.0 Å². The first-order valence-electron chi connectivity index (χ1n) is 9.24. The molecule has 1 saturated heterocycles. The number of anilines is 3. The van der Waals surface area contributed by atoms with Gasteiger partial charge in [-0.05, 0) is 23.8 Å². The van der Waals surface area contributed by atoms with E-state index in [1.54, 1.807) is 6.20 Å². The van der Waals surface area contributed by atoms with E-state index in [-0.39, 0.29) is 11.6 Å². The first kappa shape index (κ1) is 18.3. The highest BCUT2D eigenvalue weighted by Gasteiger charge is 2.19. The topological polar surface area (TPSA) is 44.3 Å². The van der Waals surface area contributed by atoms with Gasteiger partial charge in [0, 0.05) is 38.9 Å². The minimum absolute atomic E-state index is 0.174. The molecule has 0 saturated carbocycles. The molecule has 0 aliphatic carbocycles. The molecule has 2 heterocycles. The summed E-state index contributed by atoms with van der Waals surface area (Å²) in [7, 11) is 0. The molecule has 144 valence electrons. The zero-order chi connectivity index (χ0) is 19.3. The summed E-state index contributed by atoms with van der Waals surface area (Å²) in [6, 6.07) is 15.9. The van der Waals surface area contributed by atoms with Crippen LogP contribution < -0.4 is 10.2 Å². The normalized spacial score (nSPS) is 14.9. The van der Waals surface area contributed by atoms with E-state index in [0.29, 0.717) is 0 Å². The number of nitrogens with zero attached hydrogens (tertiary/aromatic N) is 4. The maximum absolute atomic E-state index is 13.8. The Morgan fingerprint density at radius 3 is 2.29 bits per heavy atom. The second-order valence-corrected chi connectivity index (χ2v) is 6.71. The van der Waals surface area contributed by atoms with Gasteiger partial charge in [-0.1, -0.05) is 36.4 Å². The second kappa shape index (κ2) is 8.31. The minimum Gasteiger partial charge on any atom is -0.354 e. The lowest BCUT2D eigenvalue weighted by atomic mass is 10.2. The summed E-state index contributed by atoms with van der Waals surface area (Å²) in [5.41, 5.74) is 1.06. The third-order valence-corrected chi connectivity index (χ3v) is 4.79. The first-order valence-corrected chi connectivity index (χ1v) is 9.24. The van der Waals surface area contributed by atoms with Gasteiger partial charge in [-0.15, -0.1) is 0 Å². The molecule has 5 nitrogen and oxygen atoms in total. The molecule has 4 rings (SSSR count). The number of aromatic nitrogens is 2. The van der Waals surface area contributed by atoms with Crippen LogP contribution in [0.3, 0.4) is 0 Å². The van der Waals surface area contributed by atoms with Gasteiger partial charge in [0.1, 0.15) is 23.1 Å². The number of hydrogen-bond acceptors (Lipinski definition) is 5. The van der Waals surface area contributed by atoms with Gasteiger partial charge in [0.25, 0.3) is 0 Å². The first-order chi connectivity index (χ1) is 13.7. The Hall–Kier alpha value is -3.06. The molecule has 0 spiro atoms. The van der Waals surface area contributed by atoms with Crippen LogP contribution >= 0.6 is 0 Å². The van der Waals surface area contributed by atoms with E-state index in [2.05, 4.69) is 49.4 Å². The van der Waals surface area contributed by atoms with Gasteiger partial charge in [-0.3, -0.25) is 4.90 Å². The summed E-state index contributed by atoms with van der Waals surface area (Å²) in [6.45, 7) is 4.43. The predicted molar refractivity (Wildman–Crippen MR) is 106 cm³/mol. The predicted octanol–water partition coefficient (Wildman–Crippen LogP) is 3.82. The van der Waals surface area contributed by atoms with E-state index < -0.39 is 11.6 Å². The van der Waals surface area contributed by atoms with E-state index in [1.807, 2.05) is 12.1 Å². The third kappa shape index (κ3) is 4.26. The molecule has 0 atom stereocenters. The number of nitrogens with one attached hydrogen (secondary N) is 1. The summed E-state index contributed by atoms with van der Waals surface area (Å²) in [6.07, 6.45) is 1.60. The Bertz CT molecular complexity index is 907. The quantitative estimate of drug-likeness (QED) is 0.728. The number of para-hydroxylation sites is 1. The fourth-order valence-electron chi connectivity index (χ4n) is 3.29. The van der Waals surface area contributed by atoms with E-state index in [0.717, 1.165) is 38.5 Å². The van der Waals surface area contributed by atoms with Gasteiger partial charge in [0.05, 0.1) is 0 Å². The molecule has 1 aliphatic rings. The number of benzene rings is 2. The molecule has 0 amide bonds. The number of rotatable bonds is 5. The zero-order valence-electron chi connectivity index (χ0n) is 15.4. The van der Waals surface area contributed by atoms with E-state index in [9.17, 15) is 8.78 Å². The van der Waals surface area contributed by atoms with Crippen molar-refractivity contribution in [3.8, 4) is 0 Å². The van der Waals surface area contributed by atoms with Crippen molar-refractivity contribution in [2.75, 3.05) is 36.4 Å². The molecular formula is C21H21F2N5. The van der Waals surface area contributed by atoms with Gasteiger partial charge >= 0.3 is 0 Å². The highest BCUT2D eigenvalue weighted by Crippen LogP contribution is 2.23. The maximum atomic E-state index is 13.8. The number of piperazine rings is 1. The Balaban J connectivity index is 1.40. The fraction of sp³-hybridized carbons (Fsp3) is 0.238. The van der Waals surface area contributed by atoms with Crippen molar-refractivity contribution in [3.63, 3.8) is 0 Å². The molecule has 2 aromatic carbocycles. The molecule has 1 N–H and O–H groups in total. The smallest absolute Gasteiger partial charge is 0.229 e. The molecule has 0 bridgehead atoms. The van der Waals surface area contributed by atoms with Crippen LogP contribution in [0, 0.1) is 11.6 Å². The van der Waals surface area contributed by atoms with Crippen LogP contribution in [-0.4, -0.2) is 41.0 Å². The molecule has 7 heteroatoms. The van der Waals surface area contributed by atoms with Crippen LogP contribution in [-0.2, 0) is 6.54 Å². The van der Waals surface area contributed by atoms with Crippen LogP contribution in [0.15, 0.2) is 60.8 Å². The van der Waals surface area contributed by atoms with Crippen LogP contribution in [0.25, 0.3) is 0 Å². The summed E-state index contributed by atoms with van der Waals surface area (Å²) in [4.78, 5) is 13.1.